The molecule has 2 nitrogen and oxygen atoms in total. The first-order valence-corrected chi connectivity index (χ1v) is 6.96. The van der Waals surface area contributed by atoms with Crippen LogP contribution >= 0.6 is 24.0 Å². The van der Waals surface area contributed by atoms with E-state index in [0.29, 0.717) is 15.7 Å². The van der Waals surface area contributed by atoms with Crippen LogP contribution < -0.4 is 5.73 Å². The number of hydrogen-bond donors (Lipinski definition) is 1. The molecule has 0 saturated carbocycles. The van der Waals surface area contributed by atoms with Crippen molar-refractivity contribution in [3.05, 3.63) is 0 Å². The van der Waals surface area contributed by atoms with Crippen LogP contribution in [0.3, 0.4) is 0 Å². The maximum atomic E-state index is 5.65. The standard InChI is InChI=1S/C11H22N2S2/c1-9(10(12)14)8-13-5-4-11(2,3)15-7-6-13/h9H,4-8H2,1-3H3,(H2,12,14). The molecular formula is C11H22N2S2. The highest BCUT2D eigenvalue weighted by Crippen LogP contribution is 2.30. The van der Waals surface area contributed by atoms with Gasteiger partial charge in [-0.3, -0.25) is 0 Å². The molecule has 0 bridgehead atoms. The van der Waals surface area contributed by atoms with Crippen LogP contribution in [-0.4, -0.2) is 40.0 Å². The Morgan fingerprint density at radius 1 is 1.53 bits per heavy atom. The van der Waals surface area contributed by atoms with E-state index in [1.54, 1.807) is 0 Å². The molecule has 1 rings (SSSR count). The number of nitrogens with zero attached hydrogens (tertiary/aromatic N) is 1. The zero-order valence-corrected chi connectivity index (χ0v) is 11.6. The average molecular weight is 246 g/mol. The largest absolute Gasteiger partial charge is 0.393 e. The SMILES string of the molecule is CC(CN1CCSC(C)(C)CC1)C(N)=S. The van der Waals surface area contributed by atoms with Crippen molar-refractivity contribution < 1.29 is 0 Å². The van der Waals surface area contributed by atoms with Gasteiger partial charge in [-0.05, 0) is 13.0 Å². The van der Waals surface area contributed by atoms with Gasteiger partial charge in [0.15, 0.2) is 0 Å². The van der Waals surface area contributed by atoms with Gasteiger partial charge in [0.1, 0.15) is 0 Å². The molecule has 0 aromatic carbocycles. The van der Waals surface area contributed by atoms with Crippen molar-refractivity contribution in [3.8, 4) is 0 Å². The van der Waals surface area contributed by atoms with E-state index >= 15 is 0 Å². The number of hydrogen-bond acceptors (Lipinski definition) is 3. The summed E-state index contributed by atoms with van der Waals surface area (Å²) in [6.07, 6.45) is 1.25. The molecule has 0 aromatic rings. The van der Waals surface area contributed by atoms with Gasteiger partial charge in [0.2, 0.25) is 0 Å². The number of nitrogens with two attached hydrogens (primary N) is 1. The van der Waals surface area contributed by atoms with E-state index < -0.39 is 0 Å². The fourth-order valence-corrected chi connectivity index (χ4v) is 2.93. The Labute approximate surface area is 103 Å². The summed E-state index contributed by atoms with van der Waals surface area (Å²) in [5.74, 6) is 1.56. The summed E-state index contributed by atoms with van der Waals surface area (Å²) in [5, 5.41) is 0. The van der Waals surface area contributed by atoms with Crippen molar-refractivity contribution in [1.82, 2.24) is 4.90 Å². The van der Waals surface area contributed by atoms with Gasteiger partial charge in [0.25, 0.3) is 0 Å². The lowest BCUT2D eigenvalue weighted by Crippen LogP contribution is -2.35. The highest BCUT2D eigenvalue weighted by Gasteiger charge is 2.24. The predicted molar refractivity (Wildman–Crippen MR) is 73.5 cm³/mol. The maximum Gasteiger partial charge on any atom is 0.0768 e. The average Bonchev–Trinajstić information content (AvgIpc) is 2.28. The van der Waals surface area contributed by atoms with Crippen LogP contribution in [0.25, 0.3) is 0 Å². The lowest BCUT2D eigenvalue weighted by molar-refractivity contribution is 0.269. The number of rotatable bonds is 3. The molecule has 1 aliphatic rings. The zero-order valence-electron chi connectivity index (χ0n) is 9.95. The van der Waals surface area contributed by atoms with Crippen molar-refractivity contribution in [2.45, 2.75) is 31.9 Å². The van der Waals surface area contributed by atoms with Crippen LogP contribution in [-0.2, 0) is 0 Å². The van der Waals surface area contributed by atoms with Gasteiger partial charge in [-0.1, -0.05) is 33.0 Å². The Hall–Kier alpha value is 0.200. The molecular weight excluding hydrogens is 224 g/mol. The van der Waals surface area contributed by atoms with Gasteiger partial charge < -0.3 is 10.6 Å². The monoisotopic (exact) mass is 246 g/mol. The number of thioether (sulfide) groups is 1. The van der Waals surface area contributed by atoms with E-state index in [-0.39, 0.29) is 0 Å². The minimum absolute atomic E-state index is 0.339. The first-order chi connectivity index (χ1) is 6.91. The van der Waals surface area contributed by atoms with Crippen molar-refractivity contribution in [1.29, 1.82) is 0 Å². The molecule has 88 valence electrons. The van der Waals surface area contributed by atoms with Crippen LogP contribution in [0.15, 0.2) is 0 Å². The van der Waals surface area contributed by atoms with E-state index in [9.17, 15) is 0 Å². The van der Waals surface area contributed by atoms with E-state index in [1.807, 2.05) is 0 Å². The fraction of sp³-hybridized carbons (Fsp3) is 0.909. The van der Waals surface area contributed by atoms with Gasteiger partial charge in [0.05, 0.1) is 4.99 Å². The Bertz CT molecular complexity index is 229. The summed E-state index contributed by atoms with van der Waals surface area (Å²) in [7, 11) is 0. The normalized spacial score (nSPS) is 24.5. The molecule has 4 heteroatoms. The Balaban J connectivity index is 2.41. The molecule has 1 atom stereocenters. The fourth-order valence-electron chi connectivity index (χ4n) is 1.72. The quantitative estimate of drug-likeness (QED) is 0.773. The van der Waals surface area contributed by atoms with Gasteiger partial charge in [0, 0.05) is 29.5 Å². The van der Waals surface area contributed by atoms with Crippen molar-refractivity contribution in [2.24, 2.45) is 11.7 Å². The second-order valence-electron chi connectivity index (χ2n) is 4.96. The Morgan fingerprint density at radius 3 is 2.80 bits per heavy atom. The summed E-state index contributed by atoms with van der Waals surface area (Å²) in [4.78, 5) is 3.14. The second-order valence-corrected chi connectivity index (χ2v) is 7.24. The third-order valence-corrected chi connectivity index (χ3v) is 4.72. The zero-order chi connectivity index (χ0) is 11.5. The molecule has 2 N–H and O–H groups in total. The van der Waals surface area contributed by atoms with E-state index in [0.717, 1.165) is 6.54 Å². The summed E-state index contributed by atoms with van der Waals surface area (Å²) >= 11 is 7.09. The molecule has 15 heavy (non-hydrogen) atoms. The number of thiocarbonyl (C=S) groups is 1. The third kappa shape index (κ3) is 4.70. The van der Waals surface area contributed by atoms with Crippen molar-refractivity contribution in [2.75, 3.05) is 25.4 Å². The first-order valence-electron chi connectivity index (χ1n) is 5.56. The highest BCUT2D eigenvalue weighted by molar-refractivity contribution is 8.00. The second kappa shape index (κ2) is 5.51. The predicted octanol–water partition coefficient (Wildman–Crippen LogP) is 2.13. The molecule has 1 fully saturated rings. The molecule has 1 heterocycles. The summed E-state index contributed by atoms with van der Waals surface area (Å²) in [6, 6.07) is 0. The van der Waals surface area contributed by atoms with Gasteiger partial charge in [-0.2, -0.15) is 11.8 Å². The minimum atomic E-state index is 0.339. The smallest absolute Gasteiger partial charge is 0.0768 e. The van der Waals surface area contributed by atoms with Gasteiger partial charge in [-0.25, -0.2) is 0 Å². The maximum absolute atomic E-state index is 5.65. The third-order valence-electron chi connectivity index (χ3n) is 2.95. The summed E-state index contributed by atoms with van der Waals surface area (Å²) in [5.41, 5.74) is 5.65. The molecule has 1 aliphatic heterocycles. The van der Waals surface area contributed by atoms with Crippen LogP contribution in [0.5, 0.6) is 0 Å². The molecule has 0 aromatic heterocycles. The molecule has 1 unspecified atom stereocenters. The van der Waals surface area contributed by atoms with Crippen LogP contribution in [0, 0.1) is 5.92 Å². The summed E-state index contributed by atoms with van der Waals surface area (Å²) < 4.78 is 0.432. The Morgan fingerprint density at radius 2 is 2.20 bits per heavy atom. The molecule has 1 saturated heterocycles. The van der Waals surface area contributed by atoms with Gasteiger partial charge in [-0.15, -0.1) is 0 Å². The lowest BCUT2D eigenvalue weighted by atomic mass is 10.1. The molecule has 0 radical (unpaired) electrons. The van der Waals surface area contributed by atoms with E-state index in [4.69, 9.17) is 18.0 Å². The Kier molecular flexibility index (Phi) is 4.87. The minimum Gasteiger partial charge on any atom is -0.393 e. The molecule has 0 aliphatic carbocycles. The van der Waals surface area contributed by atoms with E-state index in [2.05, 4.69) is 37.4 Å². The highest BCUT2D eigenvalue weighted by atomic mass is 32.2. The van der Waals surface area contributed by atoms with Gasteiger partial charge >= 0.3 is 0 Å². The first kappa shape index (κ1) is 13.3. The lowest BCUT2D eigenvalue weighted by Gasteiger charge is -2.24. The van der Waals surface area contributed by atoms with Crippen LogP contribution in [0.2, 0.25) is 0 Å². The van der Waals surface area contributed by atoms with Crippen molar-refractivity contribution in [3.63, 3.8) is 0 Å². The van der Waals surface area contributed by atoms with E-state index in [1.165, 1.54) is 25.3 Å². The summed E-state index contributed by atoms with van der Waals surface area (Å²) in [6.45, 7) is 10.1. The van der Waals surface area contributed by atoms with Crippen molar-refractivity contribution >= 4 is 29.0 Å². The topological polar surface area (TPSA) is 29.3 Å². The molecule has 0 spiro atoms. The molecule has 0 amide bonds. The van der Waals surface area contributed by atoms with Crippen LogP contribution in [0.4, 0.5) is 0 Å². The van der Waals surface area contributed by atoms with Crippen LogP contribution in [0.1, 0.15) is 27.2 Å².